The van der Waals surface area contributed by atoms with Gasteiger partial charge in [-0.25, -0.2) is 9.37 Å². The molecule has 4 aromatic rings. The summed E-state index contributed by atoms with van der Waals surface area (Å²) >= 11 is 1.40. The van der Waals surface area contributed by atoms with Crippen molar-refractivity contribution in [1.82, 2.24) is 19.8 Å². The van der Waals surface area contributed by atoms with E-state index in [4.69, 9.17) is 0 Å². The van der Waals surface area contributed by atoms with Gasteiger partial charge in [-0.1, -0.05) is 30.3 Å². The van der Waals surface area contributed by atoms with Gasteiger partial charge in [0.05, 0.1) is 11.1 Å². The molecule has 10 heteroatoms. The van der Waals surface area contributed by atoms with Gasteiger partial charge in [0.1, 0.15) is 16.7 Å². The Morgan fingerprint density at radius 3 is 2.72 bits per heavy atom. The fourth-order valence-electron chi connectivity index (χ4n) is 4.57. The molecule has 0 saturated carbocycles. The number of piperazine rings is 1. The van der Waals surface area contributed by atoms with E-state index >= 15 is 0 Å². The summed E-state index contributed by atoms with van der Waals surface area (Å²) in [6, 6.07) is 11.9. The minimum absolute atomic E-state index is 0.00319. The number of rotatable bonds is 4. The molecule has 1 saturated heterocycles. The highest BCUT2D eigenvalue weighted by Crippen LogP contribution is 2.33. The van der Waals surface area contributed by atoms with Gasteiger partial charge in [0.2, 0.25) is 6.19 Å². The molecule has 1 aliphatic heterocycles. The molecule has 1 N–H and O–H groups in total. The lowest BCUT2D eigenvalue weighted by atomic mass is 10.0. The standard InChI is InChI=1S/C26H21FN6O2S/c1-16-14-32(24(31-15-28)17-5-3-2-4-6-17)10-11-33(16)26(35)23(34)19-13-30-22-18(25-29-9-12-36-25)7-8-20(27)21(19)22/h2-9,12-13,16,30H,10-11,14H2,1H3/b31-24+/t16-/m0/s1. The Kier molecular flexibility index (Phi) is 6.31. The number of aliphatic imine (C=N–C) groups is 1. The smallest absolute Gasteiger partial charge is 0.295 e. The van der Waals surface area contributed by atoms with Crippen LogP contribution in [0.3, 0.4) is 0 Å². The van der Waals surface area contributed by atoms with Gasteiger partial charge >= 0.3 is 0 Å². The molecule has 0 unspecified atom stereocenters. The molecule has 5 rings (SSSR count). The number of Topliss-reactive ketones (excluding diaryl/α,β-unsaturated/α-hetero) is 1. The first-order chi connectivity index (χ1) is 17.5. The Bertz CT molecular complexity index is 1510. The molecule has 0 bridgehead atoms. The fourth-order valence-corrected chi connectivity index (χ4v) is 5.24. The van der Waals surface area contributed by atoms with Crippen LogP contribution in [0.5, 0.6) is 0 Å². The van der Waals surface area contributed by atoms with E-state index in [1.165, 1.54) is 28.5 Å². The third kappa shape index (κ3) is 4.14. The number of amides is 1. The Balaban J connectivity index is 1.39. The number of nitrogens with one attached hydrogen (secondary N) is 1. The quantitative estimate of drug-likeness (QED) is 0.150. The number of nitrogens with zero attached hydrogens (tertiary/aromatic N) is 5. The molecule has 3 heterocycles. The van der Waals surface area contributed by atoms with Gasteiger partial charge in [0.25, 0.3) is 11.7 Å². The van der Waals surface area contributed by atoms with Crippen LogP contribution in [0.4, 0.5) is 4.39 Å². The summed E-state index contributed by atoms with van der Waals surface area (Å²) in [6.45, 7) is 2.89. The predicted molar refractivity (Wildman–Crippen MR) is 135 cm³/mol. The molecular formula is C26H21FN6O2S. The first kappa shape index (κ1) is 23.4. The number of thiazole rings is 1. The molecule has 180 valence electrons. The summed E-state index contributed by atoms with van der Waals surface area (Å²) in [4.78, 5) is 41.2. The van der Waals surface area contributed by atoms with Crippen LogP contribution in [-0.2, 0) is 4.79 Å². The van der Waals surface area contributed by atoms with E-state index in [-0.39, 0.29) is 23.5 Å². The second-order valence-electron chi connectivity index (χ2n) is 8.41. The van der Waals surface area contributed by atoms with Crippen LogP contribution in [0.15, 0.2) is 65.2 Å². The van der Waals surface area contributed by atoms with E-state index in [1.807, 2.05) is 53.7 Å². The van der Waals surface area contributed by atoms with Gasteiger partial charge in [-0.3, -0.25) is 9.59 Å². The van der Waals surface area contributed by atoms with Crippen LogP contribution < -0.4 is 0 Å². The second-order valence-corrected chi connectivity index (χ2v) is 9.30. The first-order valence-electron chi connectivity index (χ1n) is 11.3. The van der Waals surface area contributed by atoms with Crippen LogP contribution in [0.2, 0.25) is 0 Å². The lowest BCUT2D eigenvalue weighted by Gasteiger charge is -2.40. The third-order valence-corrected chi connectivity index (χ3v) is 7.07. The average Bonchev–Trinajstić information content (AvgIpc) is 3.58. The van der Waals surface area contributed by atoms with Crippen LogP contribution >= 0.6 is 11.3 Å². The first-order valence-corrected chi connectivity index (χ1v) is 12.2. The molecule has 1 atom stereocenters. The van der Waals surface area contributed by atoms with Gasteiger partial charge in [-0.15, -0.1) is 11.3 Å². The van der Waals surface area contributed by atoms with E-state index in [1.54, 1.807) is 12.3 Å². The highest BCUT2D eigenvalue weighted by molar-refractivity contribution is 7.13. The van der Waals surface area contributed by atoms with Crippen molar-refractivity contribution in [2.45, 2.75) is 13.0 Å². The molecule has 2 aromatic heterocycles. The molecule has 1 fully saturated rings. The maximum atomic E-state index is 14.9. The van der Waals surface area contributed by atoms with Crippen molar-refractivity contribution in [1.29, 1.82) is 5.26 Å². The normalized spacial score (nSPS) is 16.2. The average molecular weight is 501 g/mol. The highest BCUT2D eigenvalue weighted by atomic mass is 32.1. The van der Waals surface area contributed by atoms with Crippen molar-refractivity contribution in [2.24, 2.45) is 4.99 Å². The number of hydrogen-bond donors (Lipinski definition) is 1. The summed E-state index contributed by atoms with van der Waals surface area (Å²) < 4.78 is 14.9. The molecule has 2 aromatic carbocycles. The summed E-state index contributed by atoms with van der Waals surface area (Å²) in [6.07, 6.45) is 4.90. The number of carbonyl (C=O) groups is 2. The van der Waals surface area contributed by atoms with Crippen LogP contribution in [-0.4, -0.2) is 63.0 Å². The molecule has 0 radical (unpaired) electrons. The number of aromatic amines is 1. The number of aromatic nitrogens is 2. The Morgan fingerprint density at radius 1 is 1.22 bits per heavy atom. The maximum Gasteiger partial charge on any atom is 0.295 e. The maximum absolute atomic E-state index is 14.9. The third-order valence-electron chi connectivity index (χ3n) is 6.26. The number of fused-ring (bicyclic) bond motifs is 1. The number of carbonyl (C=O) groups excluding carboxylic acids is 2. The van der Waals surface area contributed by atoms with Crippen LogP contribution in [0.1, 0.15) is 22.8 Å². The summed E-state index contributed by atoms with van der Waals surface area (Å²) in [5.74, 6) is -1.52. The SMILES string of the molecule is C[C@H]1CN(/C(=N/C#N)c2ccccc2)CCN1C(=O)C(=O)c1c[nH]c2c(-c3nccs3)ccc(F)c12. The summed E-state index contributed by atoms with van der Waals surface area (Å²) in [5, 5.41) is 11.8. The topological polar surface area (TPSA) is 105 Å². The Morgan fingerprint density at radius 2 is 2.03 bits per heavy atom. The highest BCUT2D eigenvalue weighted by Gasteiger charge is 2.34. The van der Waals surface area contributed by atoms with E-state index in [9.17, 15) is 19.2 Å². The Hall–Kier alpha value is -4.36. The summed E-state index contributed by atoms with van der Waals surface area (Å²) in [7, 11) is 0. The van der Waals surface area contributed by atoms with Crippen molar-refractivity contribution in [3.8, 4) is 16.8 Å². The molecule has 8 nitrogen and oxygen atoms in total. The van der Waals surface area contributed by atoms with E-state index in [0.717, 1.165) is 5.56 Å². The minimum Gasteiger partial charge on any atom is -0.360 e. The largest absolute Gasteiger partial charge is 0.360 e. The number of nitriles is 1. The van der Waals surface area contributed by atoms with Gasteiger partial charge in [0, 0.05) is 60.0 Å². The van der Waals surface area contributed by atoms with Crippen molar-refractivity contribution < 1.29 is 14.0 Å². The minimum atomic E-state index is -0.772. The molecule has 0 spiro atoms. The molecule has 1 amide bonds. The predicted octanol–water partition coefficient (Wildman–Crippen LogP) is 4.07. The van der Waals surface area contributed by atoms with Crippen molar-refractivity contribution >= 4 is 39.8 Å². The number of halogens is 1. The zero-order chi connectivity index (χ0) is 25.2. The molecule has 36 heavy (non-hydrogen) atoms. The lowest BCUT2D eigenvalue weighted by molar-refractivity contribution is -0.130. The number of H-pyrrole nitrogens is 1. The molecular weight excluding hydrogens is 479 g/mol. The number of benzene rings is 2. The second kappa shape index (κ2) is 9.71. The van der Waals surface area contributed by atoms with Crippen LogP contribution in [0, 0.1) is 17.3 Å². The molecule has 1 aliphatic rings. The fraction of sp³-hybridized carbons (Fsp3) is 0.192. The van der Waals surface area contributed by atoms with Gasteiger partial charge < -0.3 is 14.8 Å². The number of ketones is 1. The number of amidine groups is 1. The van der Waals surface area contributed by atoms with Gasteiger partial charge in [0.15, 0.2) is 0 Å². The lowest BCUT2D eigenvalue weighted by Crippen LogP contribution is -2.57. The number of hydrogen-bond acceptors (Lipinski definition) is 6. The molecule has 0 aliphatic carbocycles. The van der Waals surface area contributed by atoms with Crippen molar-refractivity contribution in [3.63, 3.8) is 0 Å². The zero-order valence-corrected chi connectivity index (χ0v) is 20.1. The van der Waals surface area contributed by atoms with Gasteiger partial charge in [-0.05, 0) is 19.1 Å². The van der Waals surface area contributed by atoms with E-state index in [2.05, 4.69) is 15.0 Å². The monoisotopic (exact) mass is 500 g/mol. The van der Waals surface area contributed by atoms with Crippen LogP contribution in [0.25, 0.3) is 21.5 Å². The van der Waals surface area contributed by atoms with E-state index in [0.29, 0.717) is 35.0 Å². The van der Waals surface area contributed by atoms with Crippen molar-refractivity contribution in [2.75, 3.05) is 19.6 Å². The summed E-state index contributed by atoms with van der Waals surface area (Å²) in [5.41, 5.74) is 1.89. The Labute approximate surface area is 210 Å². The van der Waals surface area contributed by atoms with E-state index < -0.39 is 17.5 Å². The van der Waals surface area contributed by atoms with Crippen molar-refractivity contribution in [3.05, 3.63) is 77.2 Å². The zero-order valence-electron chi connectivity index (χ0n) is 19.3. The van der Waals surface area contributed by atoms with Gasteiger partial charge in [-0.2, -0.15) is 10.3 Å².